The number of rotatable bonds is 7. The maximum Gasteiger partial charge on any atom is 0.339 e. The van der Waals surface area contributed by atoms with E-state index in [1.165, 1.54) is 4.90 Å². The molecule has 0 fully saturated rings. The fourth-order valence-corrected chi connectivity index (χ4v) is 2.98. The SMILES string of the molecule is CC(C)n1ncc2c(C(=O)OCC(=O)N(C)CCC#N)cc(-c3ccccc3)nc21. The van der Waals surface area contributed by atoms with Gasteiger partial charge in [0.05, 0.1) is 35.3 Å². The second-order valence-electron chi connectivity index (χ2n) is 7.14. The average Bonchev–Trinajstić information content (AvgIpc) is 3.19. The van der Waals surface area contributed by atoms with Crippen LogP contribution in [0.4, 0.5) is 0 Å². The summed E-state index contributed by atoms with van der Waals surface area (Å²) in [6.07, 6.45) is 1.81. The van der Waals surface area contributed by atoms with Crippen LogP contribution in [0.3, 0.4) is 0 Å². The van der Waals surface area contributed by atoms with Crippen LogP contribution in [-0.4, -0.2) is 51.7 Å². The van der Waals surface area contributed by atoms with Crippen molar-refractivity contribution < 1.29 is 14.3 Å². The van der Waals surface area contributed by atoms with E-state index in [1.54, 1.807) is 24.0 Å². The van der Waals surface area contributed by atoms with Gasteiger partial charge in [0.1, 0.15) is 0 Å². The van der Waals surface area contributed by atoms with Crippen LogP contribution in [0.2, 0.25) is 0 Å². The van der Waals surface area contributed by atoms with Crippen molar-refractivity contribution in [2.45, 2.75) is 26.3 Å². The van der Waals surface area contributed by atoms with Crippen molar-refractivity contribution in [1.29, 1.82) is 5.26 Å². The number of esters is 1. The number of nitrogens with zero attached hydrogens (tertiary/aromatic N) is 5. The van der Waals surface area contributed by atoms with E-state index in [9.17, 15) is 9.59 Å². The van der Waals surface area contributed by atoms with Gasteiger partial charge in [0.15, 0.2) is 12.3 Å². The predicted octanol–water partition coefficient (Wildman–Crippen LogP) is 3.21. The van der Waals surface area contributed by atoms with E-state index in [-0.39, 0.29) is 24.9 Å². The number of fused-ring (bicyclic) bond motifs is 1. The lowest BCUT2D eigenvalue weighted by molar-refractivity contribution is -0.133. The van der Waals surface area contributed by atoms with Gasteiger partial charge in [-0.2, -0.15) is 10.4 Å². The number of hydrogen-bond donors (Lipinski definition) is 0. The van der Waals surface area contributed by atoms with Gasteiger partial charge in [-0.05, 0) is 19.9 Å². The highest BCUT2D eigenvalue weighted by Crippen LogP contribution is 2.26. The Balaban J connectivity index is 1.93. The molecule has 1 amide bonds. The number of ether oxygens (including phenoxy) is 1. The van der Waals surface area contributed by atoms with Crippen molar-refractivity contribution in [3.63, 3.8) is 0 Å². The Hall–Kier alpha value is -3.73. The molecule has 0 aliphatic rings. The highest BCUT2D eigenvalue weighted by atomic mass is 16.5. The number of aromatic nitrogens is 3. The van der Waals surface area contributed by atoms with E-state index < -0.39 is 12.6 Å². The molecule has 0 unspecified atom stereocenters. The summed E-state index contributed by atoms with van der Waals surface area (Å²) < 4.78 is 7.03. The van der Waals surface area contributed by atoms with Gasteiger partial charge in [0, 0.05) is 25.2 Å². The Morgan fingerprint density at radius 2 is 2.00 bits per heavy atom. The van der Waals surface area contributed by atoms with Gasteiger partial charge in [-0.1, -0.05) is 30.3 Å². The summed E-state index contributed by atoms with van der Waals surface area (Å²) in [7, 11) is 1.57. The van der Waals surface area contributed by atoms with Crippen LogP contribution in [-0.2, 0) is 9.53 Å². The second kappa shape index (κ2) is 9.18. The minimum Gasteiger partial charge on any atom is -0.452 e. The lowest BCUT2D eigenvalue weighted by atomic mass is 10.1. The van der Waals surface area contributed by atoms with Gasteiger partial charge in [-0.3, -0.25) is 4.79 Å². The molecule has 0 atom stereocenters. The van der Waals surface area contributed by atoms with Crippen molar-refractivity contribution in [1.82, 2.24) is 19.7 Å². The molecule has 0 spiro atoms. The third kappa shape index (κ3) is 4.46. The smallest absolute Gasteiger partial charge is 0.339 e. The minimum absolute atomic E-state index is 0.0558. The quantitative estimate of drug-likeness (QED) is 0.560. The average molecular weight is 405 g/mol. The van der Waals surface area contributed by atoms with E-state index in [2.05, 4.69) is 5.10 Å². The van der Waals surface area contributed by atoms with Crippen molar-refractivity contribution in [2.24, 2.45) is 0 Å². The first-order valence-electron chi connectivity index (χ1n) is 9.64. The monoisotopic (exact) mass is 405 g/mol. The normalized spacial score (nSPS) is 10.8. The van der Waals surface area contributed by atoms with E-state index in [0.717, 1.165) is 5.56 Å². The van der Waals surface area contributed by atoms with Crippen LogP contribution < -0.4 is 0 Å². The fourth-order valence-electron chi connectivity index (χ4n) is 2.98. The maximum absolute atomic E-state index is 12.9. The van der Waals surface area contributed by atoms with Gasteiger partial charge in [0.25, 0.3) is 5.91 Å². The summed E-state index contributed by atoms with van der Waals surface area (Å²) in [6, 6.07) is 13.2. The molecule has 0 saturated heterocycles. The number of benzene rings is 1. The Morgan fingerprint density at radius 3 is 2.67 bits per heavy atom. The third-order valence-corrected chi connectivity index (χ3v) is 4.66. The topological polar surface area (TPSA) is 101 Å². The zero-order valence-electron chi connectivity index (χ0n) is 17.2. The predicted molar refractivity (Wildman–Crippen MR) is 111 cm³/mol. The number of hydrogen-bond acceptors (Lipinski definition) is 6. The summed E-state index contributed by atoms with van der Waals surface area (Å²) >= 11 is 0. The second-order valence-corrected chi connectivity index (χ2v) is 7.14. The number of nitriles is 1. The Bertz CT molecular complexity index is 1100. The molecule has 0 aliphatic heterocycles. The fraction of sp³-hybridized carbons (Fsp3) is 0.318. The maximum atomic E-state index is 12.9. The molecule has 0 saturated carbocycles. The lowest BCUT2D eigenvalue weighted by Gasteiger charge is -2.15. The molecule has 0 N–H and O–H groups in total. The molecule has 0 bridgehead atoms. The summed E-state index contributed by atoms with van der Waals surface area (Å²) in [5.41, 5.74) is 2.36. The van der Waals surface area contributed by atoms with Crippen LogP contribution in [0.15, 0.2) is 42.6 Å². The Labute approximate surface area is 174 Å². The molecule has 3 rings (SSSR count). The first kappa shape index (κ1) is 21.0. The summed E-state index contributed by atoms with van der Waals surface area (Å²) in [5, 5.41) is 13.6. The summed E-state index contributed by atoms with van der Waals surface area (Å²) in [5.74, 6) is -0.991. The lowest BCUT2D eigenvalue weighted by Crippen LogP contribution is -2.32. The van der Waals surface area contributed by atoms with Gasteiger partial charge in [-0.15, -0.1) is 0 Å². The number of pyridine rings is 1. The highest BCUT2D eigenvalue weighted by Gasteiger charge is 2.21. The van der Waals surface area contributed by atoms with Crippen molar-refractivity contribution >= 4 is 22.9 Å². The minimum atomic E-state index is -0.620. The van der Waals surface area contributed by atoms with E-state index in [4.69, 9.17) is 15.0 Å². The Kier molecular flexibility index (Phi) is 6.42. The van der Waals surface area contributed by atoms with Crippen LogP contribution in [0.5, 0.6) is 0 Å². The van der Waals surface area contributed by atoms with Gasteiger partial charge in [0.2, 0.25) is 0 Å². The van der Waals surface area contributed by atoms with Crippen LogP contribution in [0.25, 0.3) is 22.3 Å². The molecule has 3 aromatic rings. The standard InChI is InChI=1S/C22H23N5O3/c1-15(2)27-21-18(13-24-27)17(12-19(25-21)16-8-5-4-6-9-16)22(29)30-14-20(28)26(3)11-7-10-23/h4-6,8-9,12-13,15H,7,11,14H2,1-3H3. The molecular weight excluding hydrogens is 382 g/mol. The molecule has 0 aliphatic carbocycles. The first-order valence-corrected chi connectivity index (χ1v) is 9.64. The summed E-state index contributed by atoms with van der Waals surface area (Å²) in [4.78, 5) is 31.1. The zero-order valence-corrected chi connectivity index (χ0v) is 17.2. The van der Waals surface area contributed by atoms with E-state index >= 15 is 0 Å². The number of likely N-dealkylation sites (N-methyl/N-ethyl adjacent to an activating group) is 1. The molecule has 30 heavy (non-hydrogen) atoms. The summed E-state index contributed by atoms with van der Waals surface area (Å²) in [6.45, 7) is 3.85. The molecule has 8 heteroatoms. The number of amides is 1. The highest BCUT2D eigenvalue weighted by molar-refractivity contribution is 6.04. The zero-order chi connectivity index (χ0) is 21.7. The van der Waals surface area contributed by atoms with Crippen molar-refractivity contribution in [2.75, 3.05) is 20.2 Å². The molecule has 8 nitrogen and oxygen atoms in total. The Morgan fingerprint density at radius 1 is 1.27 bits per heavy atom. The van der Waals surface area contributed by atoms with Gasteiger partial charge in [-0.25, -0.2) is 14.5 Å². The van der Waals surface area contributed by atoms with Crippen LogP contribution in [0.1, 0.15) is 36.7 Å². The molecule has 1 aromatic carbocycles. The number of carbonyl (C=O) groups is 2. The first-order chi connectivity index (χ1) is 14.4. The van der Waals surface area contributed by atoms with Crippen LogP contribution in [0, 0.1) is 11.3 Å². The molecule has 2 heterocycles. The van der Waals surface area contributed by atoms with E-state index in [1.807, 2.05) is 50.2 Å². The number of carbonyl (C=O) groups excluding carboxylic acids is 2. The third-order valence-electron chi connectivity index (χ3n) is 4.66. The van der Waals surface area contributed by atoms with Gasteiger partial charge >= 0.3 is 5.97 Å². The largest absolute Gasteiger partial charge is 0.452 e. The van der Waals surface area contributed by atoms with Crippen molar-refractivity contribution in [3.8, 4) is 17.3 Å². The van der Waals surface area contributed by atoms with Crippen molar-refractivity contribution in [3.05, 3.63) is 48.2 Å². The van der Waals surface area contributed by atoms with E-state index in [0.29, 0.717) is 22.3 Å². The molecular formula is C22H23N5O3. The van der Waals surface area contributed by atoms with Crippen LogP contribution >= 0.6 is 0 Å². The molecule has 154 valence electrons. The van der Waals surface area contributed by atoms with Gasteiger partial charge < -0.3 is 9.64 Å². The molecule has 2 aromatic heterocycles. The molecule has 0 radical (unpaired) electrons.